The minimum absolute atomic E-state index is 0.308. The first kappa shape index (κ1) is 15.5. The van der Waals surface area contributed by atoms with E-state index in [1.165, 1.54) is 4.40 Å². The third-order valence-corrected chi connectivity index (χ3v) is 3.50. The zero-order valence-electron chi connectivity index (χ0n) is 12.6. The first-order chi connectivity index (χ1) is 11.6. The number of nitrogens with one attached hydrogen (secondary N) is 1. The molecule has 24 heavy (non-hydrogen) atoms. The summed E-state index contributed by atoms with van der Waals surface area (Å²) in [6.07, 6.45) is 1.56. The van der Waals surface area contributed by atoms with Crippen LogP contribution in [0.4, 0.5) is 0 Å². The highest BCUT2D eigenvalue weighted by atomic mass is 16.2. The molecule has 0 spiro atoms. The van der Waals surface area contributed by atoms with Gasteiger partial charge in [0.1, 0.15) is 12.6 Å². The van der Waals surface area contributed by atoms with Crippen LogP contribution in [0.3, 0.4) is 0 Å². The fourth-order valence-electron chi connectivity index (χ4n) is 2.38. The quantitative estimate of drug-likeness (QED) is 0.679. The molecule has 1 unspecified atom stereocenters. The molecule has 1 atom stereocenters. The van der Waals surface area contributed by atoms with Crippen molar-refractivity contribution in [3.8, 4) is 0 Å². The van der Waals surface area contributed by atoms with Gasteiger partial charge in [-0.2, -0.15) is 0 Å². The van der Waals surface area contributed by atoms with Crippen LogP contribution in [0, 0.1) is 0 Å². The van der Waals surface area contributed by atoms with Gasteiger partial charge in [-0.05, 0) is 17.7 Å². The van der Waals surface area contributed by atoms with Crippen LogP contribution in [0.5, 0.6) is 0 Å². The Balaban J connectivity index is 1.80. The van der Waals surface area contributed by atoms with E-state index in [1.807, 2.05) is 0 Å². The van der Waals surface area contributed by atoms with Crippen LogP contribution in [0.1, 0.15) is 11.6 Å². The van der Waals surface area contributed by atoms with E-state index in [1.54, 1.807) is 54.7 Å². The van der Waals surface area contributed by atoms with Gasteiger partial charge in [0, 0.05) is 6.20 Å². The fourth-order valence-corrected chi connectivity index (χ4v) is 2.38. The first-order valence-electron chi connectivity index (χ1n) is 7.24. The summed E-state index contributed by atoms with van der Waals surface area (Å²) < 4.78 is 2.36. The third-order valence-electron chi connectivity index (χ3n) is 3.50. The van der Waals surface area contributed by atoms with E-state index in [9.17, 15) is 14.4 Å². The number of amides is 2. The van der Waals surface area contributed by atoms with E-state index in [0.29, 0.717) is 11.2 Å². The molecule has 0 fully saturated rings. The number of fused-ring (bicyclic) bond motifs is 1. The molecule has 1 aromatic carbocycles. The average Bonchev–Trinajstić information content (AvgIpc) is 2.89. The van der Waals surface area contributed by atoms with Crippen molar-refractivity contribution in [3.05, 3.63) is 70.8 Å². The summed E-state index contributed by atoms with van der Waals surface area (Å²) in [5, 5.41) is 6.60. The lowest BCUT2D eigenvalue weighted by atomic mass is 10.1. The Bertz CT molecular complexity index is 945. The molecule has 0 radical (unpaired) electrons. The van der Waals surface area contributed by atoms with Crippen LogP contribution in [-0.4, -0.2) is 26.0 Å². The van der Waals surface area contributed by atoms with Crippen molar-refractivity contribution in [1.82, 2.24) is 19.5 Å². The van der Waals surface area contributed by atoms with E-state index in [-0.39, 0.29) is 6.54 Å². The highest BCUT2D eigenvalue weighted by Gasteiger charge is 2.21. The van der Waals surface area contributed by atoms with Gasteiger partial charge in [-0.1, -0.05) is 36.4 Å². The molecule has 2 aromatic heterocycles. The molecular formula is C16H15N5O3. The van der Waals surface area contributed by atoms with E-state index < -0.39 is 23.5 Å². The number of primary amides is 1. The second kappa shape index (κ2) is 6.37. The summed E-state index contributed by atoms with van der Waals surface area (Å²) in [5.41, 5.74) is 5.93. The molecule has 3 rings (SSSR count). The second-order valence-corrected chi connectivity index (χ2v) is 5.18. The third kappa shape index (κ3) is 3.02. The van der Waals surface area contributed by atoms with Gasteiger partial charge in [0.05, 0.1) is 0 Å². The van der Waals surface area contributed by atoms with Gasteiger partial charge in [-0.25, -0.2) is 9.48 Å². The highest BCUT2D eigenvalue weighted by Crippen LogP contribution is 2.11. The summed E-state index contributed by atoms with van der Waals surface area (Å²) in [5.74, 6) is -1.22. The molecule has 0 aliphatic carbocycles. The predicted molar refractivity (Wildman–Crippen MR) is 86.0 cm³/mol. The Morgan fingerprint density at radius 2 is 1.83 bits per heavy atom. The van der Waals surface area contributed by atoms with Crippen LogP contribution in [0.2, 0.25) is 0 Å². The largest absolute Gasteiger partial charge is 0.368 e. The number of rotatable bonds is 5. The van der Waals surface area contributed by atoms with Crippen LogP contribution in [0.15, 0.2) is 59.5 Å². The van der Waals surface area contributed by atoms with Gasteiger partial charge in [0.2, 0.25) is 11.8 Å². The number of aromatic nitrogens is 3. The van der Waals surface area contributed by atoms with Crippen molar-refractivity contribution in [3.63, 3.8) is 0 Å². The van der Waals surface area contributed by atoms with Crippen molar-refractivity contribution >= 4 is 17.5 Å². The van der Waals surface area contributed by atoms with Crippen molar-refractivity contribution in [2.24, 2.45) is 5.73 Å². The summed E-state index contributed by atoms with van der Waals surface area (Å²) in [6, 6.07) is 12.8. The molecule has 0 saturated carbocycles. The van der Waals surface area contributed by atoms with Gasteiger partial charge >= 0.3 is 5.69 Å². The highest BCUT2D eigenvalue weighted by molar-refractivity contribution is 5.87. The Kier molecular flexibility index (Phi) is 4.11. The lowest BCUT2D eigenvalue weighted by molar-refractivity contribution is -0.128. The fraction of sp³-hybridized carbons (Fsp3) is 0.125. The molecule has 0 bridgehead atoms. The molecule has 122 valence electrons. The summed E-state index contributed by atoms with van der Waals surface area (Å²) in [4.78, 5) is 36.0. The molecule has 8 nitrogen and oxygen atoms in total. The number of nitrogens with zero attached hydrogens (tertiary/aromatic N) is 3. The lowest BCUT2D eigenvalue weighted by Gasteiger charge is -2.15. The topological polar surface area (TPSA) is 111 Å². The van der Waals surface area contributed by atoms with Gasteiger partial charge < -0.3 is 11.1 Å². The molecule has 0 aliphatic heterocycles. The Morgan fingerprint density at radius 1 is 1.12 bits per heavy atom. The molecule has 3 aromatic rings. The summed E-state index contributed by atoms with van der Waals surface area (Å²) in [7, 11) is 0. The molecule has 0 saturated heterocycles. The van der Waals surface area contributed by atoms with Gasteiger partial charge in [-0.15, -0.1) is 5.10 Å². The number of carbonyl (C=O) groups is 2. The number of benzene rings is 1. The number of pyridine rings is 1. The smallest absolute Gasteiger partial charge is 0.350 e. The minimum Gasteiger partial charge on any atom is -0.368 e. The Labute approximate surface area is 136 Å². The lowest BCUT2D eigenvalue weighted by Crippen LogP contribution is -2.40. The minimum atomic E-state index is -0.966. The van der Waals surface area contributed by atoms with Crippen LogP contribution in [-0.2, 0) is 16.1 Å². The van der Waals surface area contributed by atoms with Crippen molar-refractivity contribution in [1.29, 1.82) is 0 Å². The van der Waals surface area contributed by atoms with Gasteiger partial charge in [0.25, 0.3) is 0 Å². The maximum atomic E-state index is 12.2. The van der Waals surface area contributed by atoms with Crippen LogP contribution < -0.4 is 16.7 Å². The van der Waals surface area contributed by atoms with Crippen LogP contribution in [0.25, 0.3) is 5.65 Å². The molecule has 2 heterocycles. The zero-order valence-corrected chi connectivity index (χ0v) is 12.6. The zero-order chi connectivity index (χ0) is 17.1. The number of nitrogens with two attached hydrogens (primary N) is 1. The van der Waals surface area contributed by atoms with E-state index in [0.717, 1.165) is 4.68 Å². The monoisotopic (exact) mass is 325 g/mol. The van der Waals surface area contributed by atoms with Crippen molar-refractivity contribution in [2.75, 3.05) is 0 Å². The number of hydrogen-bond acceptors (Lipinski definition) is 4. The van der Waals surface area contributed by atoms with E-state index in [4.69, 9.17) is 5.73 Å². The maximum Gasteiger partial charge on any atom is 0.350 e. The molecule has 8 heteroatoms. The molecule has 3 N–H and O–H groups in total. The maximum absolute atomic E-state index is 12.2. The van der Waals surface area contributed by atoms with Gasteiger partial charge in [-0.3, -0.25) is 14.0 Å². The molecule has 2 amide bonds. The molecule has 0 aliphatic rings. The summed E-state index contributed by atoms with van der Waals surface area (Å²) >= 11 is 0. The number of carbonyl (C=O) groups excluding carboxylic acids is 2. The first-order valence-corrected chi connectivity index (χ1v) is 7.24. The standard InChI is InChI=1S/C16H15N5O3/c17-15(23)14(11-6-2-1-3-7-11)18-13(22)10-21-16(24)20-9-5-4-8-12(20)19-21/h1-9,14H,10H2,(H2,17,23)(H,18,22). The van der Waals surface area contributed by atoms with Crippen LogP contribution >= 0.6 is 0 Å². The van der Waals surface area contributed by atoms with E-state index in [2.05, 4.69) is 10.4 Å². The SMILES string of the molecule is NC(=O)C(NC(=O)Cn1nc2ccccn2c1=O)c1ccccc1. The van der Waals surface area contributed by atoms with E-state index >= 15 is 0 Å². The summed E-state index contributed by atoms with van der Waals surface area (Å²) in [6.45, 7) is -0.308. The number of hydrogen-bond donors (Lipinski definition) is 2. The molecular weight excluding hydrogens is 310 g/mol. The van der Waals surface area contributed by atoms with Crippen molar-refractivity contribution in [2.45, 2.75) is 12.6 Å². The average molecular weight is 325 g/mol. The second-order valence-electron chi connectivity index (χ2n) is 5.18. The Morgan fingerprint density at radius 3 is 2.50 bits per heavy atom. The van der Waals surface area contributed by atoms with Gasteiger partial charge in [0.15, 0.2) is 5.65 Å². The normalized spacial score (nSPS) is 12.0. The predicted octanol–water partition coefficient (Wildman–Crippen LogP) is -0.161. The Hall–Kier alpha value is -3.42. The van der Waals surface area contributed by atoms with Crippen molar-refractivity contribution < 1.29 is 9.59 Å².